The van der Waals surface area contributed by atoms with Crippen molar-refractivity contribution in [1.82, 2.24) is 4.57 Å². The van der Waals surface area contributed by atoms with Gasteiger partial charge in [-0.2, -0.15) is 0 Å². The second kappa shape index (κ2) is 6.43. The summed E-state index contributed by atoms with van der Waals surface area (Å²) in [5.74, 6) is -0.137. The summed E-state index contributed by atoms with van der Waals surface area (Å²) in [5, 5.41) is 10.1. The van der Waals surface area contributed by atoms with E-state index < -0.39 is 12.1 Å². The molecule has 1 heterocycles. The molecule has 5 heteroatoms. The molecule has 0 fully saturated rings. The molecule has 2 aromatic rings. The predicted molar refractivity (Wildman–Crippen MR) is 76.2 cm³/mol. The maximum Gasteiger partial charge on any atom is 0.334 e. The Balaban J connectivity index is 2.31. The van der Waals surface area contributed by atoms with E-state index in [9.17, 15) is 4.79 Å². The minimum absolute atomic E-state index is 0.280. The maximum absolute atomic E-state index is 11.2. The van der Waals surface area contributed by atoms with E-state index in [1.165, 1.54) is 0 Å². The number of benzene rings is 1. The molecule has 20 heavy (non-hydrogen) atoms. The zero-order valence-electron chi connectivity index (χ0n) is 11.7. The smallest absolute Gasteiger partial charge is 0.334 e. The van der Waals surface area contributed by atoms with Crippen molar-refractivity contribution >= 4 is 16.9 Å². The van der Waals surface area contributed by atoms with E-state index in [-0.39, 0.29) is 6.54 Å². The number of ether oxygens (including phenoxy) is 2. The number of hydrogen-bond acceptors (Lipinski definition) is 3. The first-order chi connectivity index (χ1) is 9.67. The molecule has 0 aliphatic carbocycles. The van der Waals surface area contributed by atoms with Crippen LogP contribution in [0, 0.1) is 0 Å². The molecule has 2 rings (SSSR count). The van der Waals surface area contributed by atoms with Crippen molar-refractivity contribution in [2.75, 3.05) is 13.2 Å². The van der Waals surface area contributed by atoms with Crippen LogP contribution in [0.3, 0.4) is 0 Å². The van der Waals surface area contributed by atoms with Gasteiger partial charge >= 0.3 is 5.97 Å². The molecule has 1 aromatic heterocycles. The summed E-state index contributed by atoms with van der Waals surface area (Å²) < 4.78 is 12.7. The van der Waals surface area contributed by atoms with Crippen LogP contribution in [0.25, 0.3) is 10.9 Å². The Labute approximate surface area is 117 Å². The number of carbonyl (C=O) groups is 1. The lowest BCUT2D eigenvalue weighted by molar-refractivity contribution is -0.150. The van der Waals surface area contributed by atoms with Crippen LogP contribution in [0.2, 0.25) is 0 Å². The van der Waals surface area contributed by atoms with E-state index in [2.05, 4.69) is 0 Å². The van der Waals surface area contributed by atoms with Crippen LogP contribution in [0.4, 0.5) is 0 Å². The van der Waals surface area contributed by atoms with Crippen LogP contribution in [-0.2, 0) is 16.1 Å². The van der Waals surface area contributed by atoms with Gasteiger partial charge in [-0.3, -0.25) is 0 Å². The van der Waals surface area contributed by atoms with E-state index in [0.717, 1.165) is 16.7 Å². The summed E-state index contributed by atoms with van der Waals surface area (Å²) in [7, 11) is 0. The molecule has 1 N–H and O–H groups in total. The third-order valence-electron chi connectivity index (χ3n) is 3.08. The predicted octanol–water partition coefficient (Wildman–Crippen LogP) is 2.53. The maximum atomic E-state index is 11.2. The van der Waals surface area contributed by atoms with Crippen molar-refractivity contribution in [1.29, 1.82) is 0 Å². The summed E-state index contributed by atoms with van der Waals surface area (Å²) in [6.45, 7) is 4.98. The zero-order chi connectivity index (χ0) is 14.5. The highest BCUT2D eigenvalue weighted by atomic mass is 16.5. The lowest BCUT2D eigenvalue weighted by Crippen LogP contribution is -2.28. The number of hydrogen-bond donors (Lipinski definition) is 1. The molecule has 0 aliphatic rings. The number of rotatable bonds is 7. The summed E-state index contributed by atoms with van der Waals surface area (Å²) in [4.78, 5) is 11.2. The van der Waals surface area contributed by atoms with E-state index in [1.54, 1.807) is 6.92 Å². The van der Waals surface area contributed by atoms with Crippen LogP contribution in [-0.4, -0.2) is 35.0 Å². The topological polar surface area (TPSA) is 60.7 Å². The fraction of sp³-hybridized carbons (Fsp3) is 0.400. The summed E-state index contributed by atoms with van der Waals surface area (Å²) in [6.07, 6.45) is 1.02. The van der Waals surface area contributed by atoms with Gasteiger partial charge in [-0.1, -0.05) is 6.07 Å². The van der Waals surface area contributed by atoms with Gasteiger partial charge in [0, 0.05) is 18.2 Å². The lowest BCUT2D eigenvalue weighted by Gasteiger charge is -2.14. The van der Waals surface area contributed by atoms with Crippen molar-refractivity contribution < 1.29 is 19.4 Å². The molecule has 0 amide bonds. The monoisotopic (exact) mass is 277 g/mol. The highest BCUT2D eigenvalue weighted by Crippen LogP contribution is 2.26. The first kappa shape index (κ1) is 14.4. The second-order valence-corrected chi connectivity index (χ2v) is 4.37. The fourth-order valence-corrected chi connectivity index (χ4v) is 2.22. The number of carboxylic acids is 1. The number of nitrogens with zero attached hydrogens (tertiary/aromatic N) is 1. The van der Waals surface area contributed by atoms with Gasteiger partial charge in [-0.15, -0.1) is 0 Å². The SMILES string of the molecule is CCOc1cccc2c1ccn2CC(OCC)C(=O)O. The van der Waals surface area contributed by atoms with E-state index in [1.807, 2.05) is 42.0 Å². The first-order valence-electron chi connectivity index (χ1n) is 6.72. The molecule has 1 atom stereocenters. The van der Waals surface area contributed by atoms with E-state index in [4.69, 9.17) is 14.6 Å². The van der Waals surface area contributed by atoms with Gasteiger partial charge in [0.2, 0.25) is 0 Å². The average Bonchev–Trinajstić information content (AvgIpc) is 2.83. The summed E-state index contributed by atoms with van der Waals surface area (Å²) >= 11 is 0. The van der Waals surface area contributed by atoms with Gasteiger partial charge in [0.25, 0.3) is 0 Å². The minimum Gasteiger partial charge on any atom is -0.493 e. The normalized spacial score (nSPS) is 12.5. The number of aliphatic carboxylic acids is 1. The second-order valence-electron chi connectivity index (χ2n) is 4.37. The first-order valence-corrected chi connectivity index (χ1v) is 6.72. The third kappa shape index (κ3) is 2.93. The summed E-state index contributed by atoms with van der Waals surface area (Å²) in [5.41, 5.74) is 0.946. The number of fused-ring (bicyclic) bond motifs is 1. The van der Waals surface area contributed by atoms with Crippen molar-refractivity contribution in [3.8, 4) is 5.75 Å². The Morgan fingerprint density at radius 3 is 2.75 bits per heavy atom. The molecule has 0 radical (unpaired) electrons. The summed E-state index contributed by atoms with van der Waals surface area (Å²) in [6, 6.07) is 7.70. The van der Waals surface area contributed by atoms with Gasteiger partial charge in [-0.25, -0.2) is 4.79 Å². The van der Waals surface area contributed by atoms with Crippen molar-refractivity contribution in [3.63, 3.8) is 0 Å². The van der Waals surface area contributed by atoms with Gasteiger partial charge in [0.1, 0.15) is 5.75 Å². The molecule has 0 spiro atoms. The van der Waals surface area contributed by atoms with Crippen LogP contribution < -0.4 is 4.74 Å². The Morgan fingerprint density at radius 1 is 1.30 bits per heavy atom. The average molecular weight is 277 g/mol. The molecule has 5 nitrogen and oxygen atoms in total. The van der Waals surface area contributed by atoms with E-state index in [0.29, 0.717) is 13.2 Å². The molecule has 0 saturated carbocycles. The van der Waals surface area contributed by atoms with Crippen LogP contribution in [0.1, 0.15) is 13.8 Å². The standard InChI is InChI=1S/C15H19NO4/c1-3-19-13-7-5-6-12-11(13)8-9-16(12)10-14(15(17)18)20-4-2/h5-9,14H,3-4,10H2,1-2H3,(H,17,18). The molecular formula is C15H19NO4. The number of carboxylic acid groups (broad SMARTS) is 1. The molecular weight excluding hydrogens is 258 g/mol. The van der Waals surface area contributed by atoms with E-state index >= 15 is 0 Å². The minimum atomic E-state index is -0.949. The third-order valence-corrected chi connectivity index (χ3v) is 3.08. The Hall–Kier alpha value is -2.01. The zero-order valence-corrected chi connectivity index (χ0v) is 11.7. The Morgan fingerprint density at radius 2 is 2.10 bits per heavy atom. The van der Waals surface area contributed by atoms with Crippen molar-refractivity contribution in [2.45, 2.75) is 26.5 Å². The van der Waals surface area contributed by atoms with Gasteiger partial charge in [-0.05, 0) is 32.0 Å². The molecule has 1 aromatic carbocycles. The van der Waals surface area contributed by atoms with Crippen LogP contribution >= 0.6 is 0 Å². The number of aromatic nitrogens is 1. The Bertz CT molecular complexity index is 591. The molecule has 0 bridgehead atoms. The lowest BCUT2D eigenvalue weighted by atomic mass is 10.2. The van der Waals surface area contributed by atoms with Gasteiger partial charge < -0.3 is 19.1 Å². The molecule has 1 unspecified atom stereocenters. The highest BCUT2D eigenvalue weighted by Gasteiger charge is 2.19. The van der Waals surface area contributed by atoms with Crippen molar-refractivity contribution in [2.24, 2.45) is 0 Å². The van der Waals surface area contributed by atoms with Crippen LogP contribution in [0.15, 0.2) is 30.5 Å². The van der Waals surface area contributed by atoms with Crippen molar-refractivity contribution in [3.05, 3.63) is 30.5 Å². The molecule has 0 aliphatic heterocycles. The van der Waals surface area contributed by atoms with Gasteiger partial charge in [0.15, 0.2) is 6.10 Å². The fourth-order valence-electron chi connectivity index (χ4n) is 2.22. The van der Waals surface area contributed by atoms with Crippen LogP contribution in [0.5, 0.6) is 5.75 Å². The molecule has 108 valence electrons. The van der Waals surface area contributed by atoms with Gasteiger partial charge in [0.05, 0.1) is 18.7 Å². The molecule has 0 saturated heterocycles. The highest BCUT2D eigenvalue weighted by molar-refractivity contribution is 5.86. The quantitative estimate of drug-likeness (QED) is 0.844. The largest absolute Gasteiger partial charge is 0.493 e. The Kier molecular flexibility index (Phi) is 4.63.